The van der Waals surface area contributed by atoms with Crippen LogP contribution in [0.15, 0.2) is 48.5 Å². The van der Waals surface area contributed by atoms with Crippen molar-refractivity contribution in [1.82, 2.24) is 16.2 Å². The first-order chi connectivity index (χ1) is 13.7. The number of hydrogen-bond acceptors (Lipinski definition) is 4. The van der Waals surface area contributed by atoms with Crippen LogP contribution >= 0.6 is 35.4 Å². The maximum atomic E-state index is 12.8. The first kappa shape index (κ1) is 22.6. The Morgan fingerprint density at radius 1 is 1.14 bits per heavy atom. The number of halogens is 3. The summed E-state index contributed by atoms with van der Waals surface area (Å²) in [5.41, 5.74) is 5.35. The number of rotatable bonds is 5. The van der Waals surface area contributed by atoms with Crippen LogP contribution in [0, 0.1) is 5.82 Å². The Kier molecular flexibility index (Phi) is 8.38. The van der Waals surface area contributed by atoms with Gasteiger partial charge >= 0.3 is 0 Å². The van der Waals surface area contributed by atoms with Crippen LogP contribution in [0.1, 0.15) is 12.5 Å². The SMILES string of the molecule is CC(Oc1ccc(Cl)cc1Cl)C(=O)NNC(=S)NC(=O)/C=C/c1ccc(F)cc1. The molecule has 1 unspecified atom stereocenters. The Morgan fingerprint density at radius 3 is 2.48 bits per heavy atom. The van der Waals surface area contributed by atoms with E-state index in [0.29, 0.717) is 16.3 Å². The van der Waals surface area contributed by atoms with Crippen molar-refractivity contribution in [2.24, 2.45) is 0 Å². The zero-order valence-corrected chi connectivity index (χ0v) is 17.4. The molecule has 0 aromatic heterocycles. The second-order valence-electron chi connectivity index (χ2n) is 5.65. The van der Waals surface area contributed by atoms with Crippen molar-refractivity contribution in [2.75, 3.05) is 0 Å². The summed E-state index contributed by atoms with van der Waals surface area (Å²) in [6.07, 6.45) is 1.80. The van der Waals surface area contributed by atoms with Gasteiger partial charge in [-0.1, -0.05) is 35.3 Å². The average molecular weight is 456 g/mol. The van der Waals surface area contributed by atoms with Gasteiger partial charge in [0.25, 0.3) is 5.91 Å². The van der Waals surface area contributed by atoms with Crippen LogP contribution in [0.5, 0.6) is 5.75 Å². The highest BCUT2D eigenvalue weighted by atomic mass is 35.5. The number of ether oxygens (including phenoxy) is 1. The van der Waals surface area contributed by atoms with Gasteiger partial charge in [-0.3, -0.25) is 25.8 Å². The molecule has 0 bridgehead atoms. The molecule has 0 aliphatic heterocycles. The van der Waals surface area contributed by atoms with E-state index in [1.165, 1.54) is 49.4 Å². The molecule has 0 aliphatic rings. The minimum Gasteiger partial charge on any atom is -0.479 e. The number of amides is 2. The fourth-order valence-electron chi connectivity index (χ4n) is 1.97. The number of carbonyl (C=O) groups excluding carboxylic acids is 2. The van der Waals surface area contributed by atoms with Crippen LogP contribution in [0.4, 0.5) is 4.39 Å². The van der Waals surface area contributed by atoms with E-state index in [1.807, 2.05) is 0 Å². The van der Waals surface area contributed by atoms with Gasteiger partial charge in [0.1, 0.15) is 11.6 Å². The van der Waals surface area contributed by atoms with Crippen molar-refractivity contribution >= 4 is 58.4 Å². The summed E-state index contributed by atoms with van der Waals surface area (Å²) in [6.45, 7) is 1.51. The minimum atomic E-state index is -0.905. The number of hydrogen-bond donors (Lipinski definition) is 3. The third-order valence-corrected chi connectivity index (χ3v) is 4.13. The second-order valence-corrected chi connectivity index (χ2v) is 6.90. The lowest BCUT2D eigenvalue weighted by Gasteiger charge is -2.16. The molecule has 0 saturated carbocycles. The van der Waals surface area contributed by atoms with E-state index >= 15 is 0 Å². The Hall–Kier alpha value is -2.68. The van der Waals surface area contributed by atoms with Crippen LogP contribution in [0.3, 0.4) is 0 Å². The van der Waals surface area contributed by atoms with E-state index in [4.69, 9.17) is 40.2 Å². The van der Waals surface area contributed by atoms with Crippen molar-refractivity contribution in [3.05, 3.63) is 70.0 Å². The molecule has 6 nitrogen and oxygen atoms in total. The van der Waals surface area contributed by atoms with Gasteiger partial charge in [-0.25, -0.2) is 4.39 Å². The molecule has 1 atom stereocenters. The Labute approximate surface area is 182 Å². The summed E-state index contributed by atoms with van der Waals surface area (Å²) in [4.78, 5) is 23.9. The summed E-state index contributed by atoms with van der Waals surface area (Å²) in [7, 11) is 0. The lowest BCUT2D eigenvalue weighted by molar-refractivity contribution is -0.128. The van der Waals surface area contributed by atoms with E-state index in [-0.39, 0.29) is 16.0 Å². The van der Waals surface area contributed by atoms with Crippen LogP contribution in [0.2, 0.25) is 10.0 Å². The summed E-state index contributed by atoms with van der Waals surface area (Å²) in [5.74, 6) is -1.16. The molecule has 29 heavy (non-hydrogen) atoms. The maximum absolute atomic E-state index is 12.8. The average Bonchev–Trinajstić information content (AvgIpc) is 2.67. The first-order valence-electron chi connectivity index (χ1n) is 8.21. The first-order valence-corrected chi connectivity index (χ1v) is 9.37. The molecular weight excluding hydrogens is 440 g/mol. The molecule has 0 aliphatic carbocycles. The molecule has 0 fully saturated rings. The third kappa shape index (κ3) is 7.69. The zero-order valence-electron chi connectivity index (χ0n) is 15.0. The maximum Gasteiger partial charge on any atom is 0.279 e. The number of hydrazine groups is 1. The number of carbonyl (C=O) groups is 2. The predicted octanol–water partition coefficient (Wildman–Crippen LogP) is 3.64. The van der Waals surface area contributed by atoms with Crippen molar-refractivity contribution in [1.29, 1.82) is 0 Å². The molecule has 0 saturated heterocycles. The van der Waals surface area contributed by atoms with E-state index in [9.17, 15) is 14.0 Å². The summed E-state index contributed by atoms with van der Waals surface area (Å²) >= 11 is 16.7. The van der Waals surface area contributed by atoms with Gasteiger partial charge in [0.05, 0.1) is 5.02 Å². The quantitative estimate of drug-likeness (QED) is 0.364. The Bertz CT molecular complexity index is 939. The third-order valence-electron chi connectivity index (χ3n) is 3.40. The molecule has 2 amide bonds. The van der Waals surface area contributed by atoms with Crippen molar-refractivity contribution in [3.63, 3.8) is 0 Å². The van der Waals surface area contributed by atoms with Crippen molar-refractivity contribution in [2.45, 2.75) is 13.0 Å². The van der Waals surface area contributed by atoms with E-state index in [1.54, 1.807) is 12.1 Å². The molecule has 10 heteroatoms. The molecule has 2 aromatic rings. The van der Waals surface area contributed by atoms with E-state index < -0.39 is 17.9 Å². The highest BCUT2D eigenvalue weighted by Crippen LogP contribution is 2.28. The van der Waals surface area contributed by atoms with Gasteiger partial charge in [-0.2, -0.15) is 0 Å². The van der Waals surface area contributed by atoms with E-state index in [2.05, 4.69) is 16.2 Å². The van der Waals surface area contributed by atoms with Crippen LogP contribution in [0.25, 0.3) is 6.08 Å². The largest absolute Gasteiger partial charge is 0.479 e. The van der Waals surface area contributed by atoms with Gasteiger partial charge in [0, 0.05) is 11.1 Å². The summed E-state index contributed by atoms with van der Waals surface area (Å²) < 4.78 is 18.3. The normalized spacial score (nSPS) is 11.6. The Balaban J connectivity index is 1.77. The molecule has 0 spiro atoms. The highest BCUT2D eigenvalue weighted by molar-refractivity contribution is 7.80. The van der Waals surface area contributed by atoms with Crippen molar-refractivity contribution < 1.29 is 18.7 Å². The number of thiocarbonyl (C=S) groups is 1. The molecule has 0 heterocycles. The van der Waals surface area contributed by atoms with Gasteiger partial charge in [0.15, 0.2) is 11.2 Å². The van der Waals surface area contributed by atoms with E-state index in [0.717, 1.165) is 0 Å². The van der Waals surface area contributed by atoms with Crippen LogP contribution in [-0.4, -0.2) is 23.0 Å². The molecular formula is C19H16Cl2FN3O3S. The fraction of sp³-hybridized carbons (Fsp3) is 0.105. The molecule has 2 rings (SSSR count). The highest BCUT2D eigenvalue weighted by Gasteiger charge is 2.16. The Morgan fingerprint density at radius 2 is 1.83 bits per heavy atom. The predicted molar refractivity (Wildman–Crippen MR) is 114 cm³/mol. The smallest absolute Gasteiger partial charge is 0.279 e. The number of benzene rings is 2. The minimum absolute atomic E-state index is 0.121. The number of nitrogens with one attached hydrogen (secondary N) is 3. The fourth-order valence-corrected chi connectivity index (χ4v) is 2.57. The van der Waals surface area contributed by atoms with Gasteiger partial charge in [0.2, 0.25) is 5.91 Å². The lowest BCUT2D eigenvalue weighted by atomic mass is 10.2. The standard InChI is InChI=1S/C19H16Cl2FN3O3S/c1-11(28-16-8-5-13(20)10-15(16)21)18(27)24-25-19(29)23-17(26)9-4-12-2-6-14(22)7-3-12/h2-11H,1H3,(H,24,27)(H2,23,25,26,29)/b9-4+. The molecule has 152 valence electrons. The van der Waals surface area contributed by atoms with Gasteiger partial charge < -0.3 is 4.74 Å². The molecule has 0 radical (unpaired) electrons. The van der Waals surface area contributed by atoms with Crippen LogP contribution in [-0.2, 0) is 9.59 Å². The topological polar surface area (TPSA) is 79.5 Å². The van der Waals surface area contributed by atoms with Crippen LogP contribution < -0.4 is 20.9 Å². The second kappa shape index (κ2) is 10.8. The summed E-state index contributed by atoms with van der Waals surface area (Å²) in [6, 6.07) is 10.2. The zero-order chi connectivity index (χ0) is 21.4. The monoisotopic (exact) mass is 455 g/mol. The molecule has 3 N–H and O–H groups in total. The summed E-state index contributed by atoms with van der Waals surface area (Å²) in [5, 5.41) is 2.93. The lowest BCUT2D eigenvalue weighted by Crippen LogP contribution is -2.51. The van der Waals surface area contributed by atoms with Crippen molar-refractivity contribution in [3.8, 4) is 5.75 Å². The van der Waals surface area contributed by atoms with Gasteiger partial charge in [-0.15, -0.1) is 0 Å². The molecule has 2 aromatic carbocycles. The van der Waals surface area contributed by atoms with Gasteiger partial charge in [-0.05, 0) is 61.1 Å².